The maximum atomic E-state index is 10.6. The predicted octanol–water partition coefficient (Wildman–Crippen LogP) is 0.483. The fraction of sp³-hybridized carbons (Fsp3) is 0.462. The minimum atomic E-state index is -0.603. The number of aliphatic hydroxyl groups is 1. The molecule has 0 aliphatic carbocycles. The molecule has 0 atom stereocenters. The van der Waals surface area contributed by atoms with Crippen molar-refractivity contribution in [1.82, 2.24) is 0 Å². The first kappa shape index (κ1) is 13.5. The lowest BCUT2D eigenvalue weighted by Gasteiger charge is -2.18. The van der Waals surface area contributed by atoms with Gasteiger partial charge in [-0.15, -0.1) is 0 Å². The molecule has 0 bridgehead atoms. The first-order chi connectivity index (χ1) is 8.06. The topological polar surface area (TPSA) is 63.8 Å². The van der Waals surface area contributed by atoms with Gasteiger partial charge in [-0.25, -0.2) is 0 Å². The zero-order chi connectivity index (χ0) is 12.9. The highest BCUT2D eigenvalue weighted by atomic mass is 17.1. The summed E-state index contributed by atoms with van der Waals surface area (Å²) in [4.78, 5) is 0. The largest absolute Gasteiger partial charge is 0.588 e. The normalized spacial score (nSPS) is 12.6. The van der Waals surface area contributed by atoms with E-state index in [4.69, 9.17) is 9.84 Å². The maximum Gasteiger partial charge on any atom is 0.507 e. The number of methoxy groups -OCH3 is 1. The molecule has 94 valence electrons. The number of carbonyl (C=O) groups excluding carboxylic acids is 1. The monoisotopic (exact) mass is 238 g/mol. The van der Waals surface area contributed by atoms with Crippen LogP contribution in [-0.2, 0) is 21.1 Å². The Morgan fingerprint density at radius 3 is 2.35 bits per heavy atom. The number of hydrogen-bond acceptors (Lipinski definition) is 3. The molecular weight excluding hydrogens is 220 g/mol. The van der Waals surface area contributed by atoms with Crippen molar-refractivity contribution >= 4 is 5.97 Å². The molecule has 1 N–H and O–H groups in total. The molecule has 17 heavy (non-hydrogen) atoms. The molecular formula is C13H18O4. The van der Waals surface area contributed by atoms with Gasteiger partial charge in [0.2, 0.25) is 0 Å². The van der Waals surface area contributed by atoms with E-state index in [0.717, 1.165) is 11.1 Å². The summed E-state index contributed by atoms with van der Waals surface area (Å²) in [5.74, 6) is 0.0346. The molecule has 4 heteroatoms. The minimum Gasteiger partial charge on any atom is -0.588 e. The van der Waals surface area contributed by atoms with Crippen LogP contribution in [0.2, 0.25) is 0 Å². The summed E-state index contributed by atoms with van der Waals surface area (Å²) in [5, 5.41) is 19.4. The van der Waals surface area contributed by atoms with Crippen molar-refractivity contribution in [1.29, 1.82) is 0 Å². The van der Waals surface area contributed by atoms with Crippen molar-refractivity contribution < 1.29 is 19.7 Å². The molecule has 1 aromatic rings. The number of benzene rings is 1. The Morgan fingerprint density at radius 2 is 1.94 bits per heavy atom. The van der Waals surface area contributed by atoms with E-state index in [1.54, 1.807) is 0 Å². The van der Waals surface area contributed by atoms with Crippen LogP contribution in [0.25, 0.3) is 0 Å². The van der Waals surface area contributed by atoms with Crippen LogP contribution in [0.15, 0.2) is 24.3 Å². The van der Waals surface area contributed by atoms with Gasteiger partial charge in [0, 0.05) is 6.61 Å². The van der Waals surface area contributed by atoms with Crippen LogP contribution < -0.4 is 5.26 Å². The number of ether oxygens (including phenoxy) is 1. The first-order valence-corrected chi connectivity index (χ1v) is 5.47. The van der Waals surface area contributed by atoms with E-state index >= 15 is 0 Å². The van der Waals surface area contributed by atoms with Gasteiger partial charge in [0.15, 0.2) is 7.11 Å². The van der Waals surface area contributed by atoms with E-state index in [1.165, 1.54) is 7.11 Å². The Balaban J connectivity index is 2.99. The Labute approximate surface area is 101 Å². The van der Waals surface area contributed by atoms with Crippen molar-refractivity contribution in [3.8, 4) is 0 Å². The Bertz CT molecular complexity index is 379. The predicted molar refractivity (Wildman–Crippen MR) is 62.3 cm³/mol. The van der Waals surface area contributed by atoms with Gasteiger partial charge in [0.1, 0.15) is 5.41 Å². The molecule has 0 aromatic heterocycles. The summed E-state index contributed by atoms with van der Waals surface area (Å²) in [7, 11) is 1.41. The summed E-state index contributed by atoms with van der Waals surface area (Å²) in [6.07, 6.45) is 0.625. The summed E-state index contributed by atoms with van der Waals surface area (Å²) < 4.78 is 8.94. The lowest BCUT2D eigenvalue weighted by molar-refractivity contribution is -1.05. The minimum absolute atomic E-state index is 0.0346. The molecule has 0 saturated heterocycles. The molecule has 0 heterocycles. The smallest absolute Gasteiger partial charge is 0.507 e. The highest BCUT2D eigenvalue weighted by Crippen LogP contribution is 2.25. The molecule has 0 unspecified atom stereocenters. The third-order valence-electron chi connectivity index (χ3n) is 2.85. The van der Waals surface area contributed by atoms with E-state index in [0.29, 0.717) is 6.42 Å². The van der Waals surface area contributed by atoms with Crippen LogP contribution in [0.4, 0.5) is 0 Å². The zero-order valence-electron chi connectivity index (χ0n) is 10.4. The second kappa shape index (κ2) is 5.68. The van der Waals surface area contributed by atoms with E-state index < -0.39 is 5.41 Å². The van der Waals surface area contributed by atoms with Crippen molar-refractivity contribution in [3.63, 3.8) is 0 Å². The van der Waals surface area contributed by atoms with E-state index in [-0.39, 0.29) is 12.6 Å². The van der Waals surface area contributed by atoms with Gasteiger partial charge in [0.25, 0.3) is 0 Å². The highest BCUT2D eigenvalue weighted by Gasteiger charge is 2.38. The van der Waals surface area contributed by atoms with Crippen molar-refractivity contribution in [2.75, 3.05) is 13.7 Å². The second-order valence-corrected chi connectivity index (χ2v) is 4.37. The lowest BCUT2D eigenvalue weighted by Crippen LogP contribution is -2.34. The van der Waals surface area contributed by atoms with Crippen LogP contribution >= 0.6 is 0 Å². The summed E-state index contributed by atoms with van der Waals surface area (Å²) >= 11 is 0. The van der Waals surface area contributed by atoms with Crippen molar-refractivity contribution in [2.24, 2.45) is 0 Å². The maximum absolute atomic E-state index is 10.6. The SMILES string of the molecule is COC(=[O+][O-])C(C)(C)c1ccc(CCO)cc1. The first-order valence-electron chi connectivity index (χ1n) is 5.47. The number of aliphatic hydroxyl groups excluding tert-OH is 1. The van der Waals surface area contributed by atoms with Crippen LogP contribution in [0, 0.1) is 0 Å². The molecule has 0 aliphatic heterocycles. The molecule has 1 rings (SSSR count). The van der Waals surface area contributed by atoms with Gasteiger partial charge in [-0.3, -0.25) is 4.58 Å². The average molecular weight is 238 g/mol. The molecule has 0 fully saturated rings. The van der Waals surface area contributed by atoms with E-state index in [1.807, 2.05) is 38.1 Å². The van der Waals surface area contributed by atoms with E-state index in [2.05, 4.69) is 4.58 Å². The number of hydrogen-bond donors (Lipinski definition) is 1. The van der Waals surface area contributed by atoms with Crippen LogP contribution in [-0.4, -0.2) is 24.8 Å². The number of esters is 1. The molecule has 1 aromatic carbocycles. The summed E-state index contributed by atoms with van der Waals surface area (Å²) in [6, 6.07) is 7.66. The Kier molecular flexibility index (Phi) is 4.52. The Hall–Kier alpha value is -1.55. The van der Waals surface area contributed by atoms with Gasteiger partial charge in [-0.05, 0) is 31.4 Å². The summed E-state index contributed by atoms with van der Waals surface area (Å²) in [6.45, 7) is 3.83. The van der Waals surface area contributed by atoms with Crippen molar-refractivity contribution in [3.05, 3.63) is 35.4 Å². The lowest BCUT2D eigenvalue weighted by atomic mass is 9.84. The quantitative estimate of drug-likeness (QED) is 0.359. The van der Waals surface area contributed by atoms with Gasteiger partial charge in [0.05, 0.1) is 0 Å². The third-order valence-corrected chi connectivity index (χ3v) is 2.85. The number of rotatable bonds is 4. The molecule has 0 spiro atoms. The van der Waals surface area contributed by atoms with Gasteiger partial charge >= 0.3 is 5.97 Å². The molecule has 0 aliphatic rings. The van der Waals surface area contributed by atoms with Crippen molar-refractivity contribution in [2.45, 2.75) is 25.7 Å². The second-order valence-electron chi connectivity index (χ2n) is 4.37. The van der Waals surface area contributed by atoms with Crippen LogP contribution in [0.1, 0.15) is 25.0 Å². The molecule has 0 radical (unpaired) electrons. The standard InChI is InChI=1S/C13H18O4/c1-13(2,12(16-3)17-15)11-6-4-10(5-7-11)8-9-14/h4-7,14H,8-9H2,1-3H3. The summed E-state index contributed by atoms with van der Waals surface area (Å²) in [5.41, 5.74) is 1.37. The molecule has 0 saturated carbocycles. The third kappa shape index (κ3) is 2.97. The zero-order valence-corrected chi connectivity index (χ0v) is 10.4. The Morgan fingerprint density at radius 1 is 1.35 bits per heavy atom. The highest BCUT2D eigenvalue weighted by molar-refractivity contribution is 5.82. The average Bonchev–Trinajstić information content (AvgIpc) is 2.31. The van der Waals surface area contributed by atoms with Gasteiger partial charge in [-0.1, -0.05) is 24.3 Å². The molecule has 0 amide bonds. The van der Waals surface area contributed by atoms with Crippen LogP contribution in [0.5, 0.6) is 0 Å². The van der Waals surface area contributed by atoms with Gasteiger partial charge in [-0.2, -0.15) is 0 Å². The molecule has 4 nitrogen and oxygen atoms in total. The fourth-order valence-electron chi connectivity index (χ4n) is 1.73. The van der Waals surface area contributed by atoms with E-state index in [9.17, 15) is 5.26 Å². The van der Waals surface area contributed by atoms with Gasteiger partial charge < -0.3 is 15.1 Å². The fourth-order valence-corrected chi connectivity index (χ4v) is 1.73. The van der Waals surface area contributed by atoms with Crippen LogP contribution in [0.3, 0.4) is 0 Å².